The molecule has 6 heteroatoms. The number of benzene rings is 3. The highest BCUT2D eigenvalue weighted by Crippen LogP contribution is 2.25. The van der Waals surface area contributed by atoms with E-state index in [0.717, 1.165) is 16.3 Å². The molecule has 0 bridgehead atoms. The summed E-state index contributed by atoms with van der Waals surface area (Å²) in [5.74, 6) is 1.01. The number of fused-ring (bicyclic) bond motifs is 1. The maximum Gasteiger partial charge on any atom is 0.312 e. The van der Waals surface area contributed by atoms with Gasteiger partial charge in [-0.1, -0.05) is 41.9 Å². The lowest BCUT2D eigenvalue weighted by Crippen LogP contribution is -2.07. The molecule has 150 valence electrons. The van der Waals surface area contributed by atoms with Gasteiger partial charge in [0, 0.05) is 27.9 Å². The van der Waals surface area contributed by atoms with Gasteiger partial charge in [0.15, 0.2) is 0 Å². The average Bonchev–Trinajstić information content (AvgIpc) is 2.76. The molecule has 1 heterocycles. The van der Waals surface area contributed by atoms with Crippen LogP contribution < -0.4 is 10.1 Å². The van der Waals surface area contributed by atoms with Gasteiger partial charge in [0.25, 0.3) is 0 Å². The molecule has 0 radical (unpaired) electrons. The zero-order chi connectivity index (χ0) is 20.9. The molecule has 0 fully saturated rings. The molecule has 0 spiro atoms. The lowest BCUT2D eigenvalue weighted by Gasteiger charge is -2.06. The van der Waals surface area contributed by atoms with Crippen LogP contribution in [0.5, 0.6) is 5.75 Å². The maximum absolute atomic E-state index is 11.6. The Balaban J connectivity index is 1.78. The molecule has 3 aromatic carbocycles. The third-order valence-corrected chi connectivity index (χ3v) is 4.80. The Labute approximate surface area is 183 Å². The Morgan fingerprint density at radius 1 is 0.967 bits per heavy atom. The van der Waals surface area contributed by atoms with E-state index >= 15 is 0 Å². The first-order chi connectivity index (χ1) is 14.6. The van der Waals surface area contributed by atoms with Crippen LogP contribution in [0.1, 0.15) is 6.42 Å². The number of rotatable bonds is 5. The summed E-state index contributed by atoms with van der Waals surface area (Å²) in [6, 6.07) is 24.1. The van der Waals surface area contributed by atoms with Gasteiger partial charge in [0.1, 0.15) is 17.1 Å². The second-order valence-corrected chi connectivity index (χ2v) is 7.34. The van der Waals surface area contributed by atoms with Gasteiger partial charge in [-0.15, -0.1) is 11.6 Å². The number of esters is 1. The van der Waals surface area contributed by atoms with Gasteiger partial charge < -0.3 is 9.15 Å². The zero-order valence-corrected chi connectivity index (χ0v) is 17.4. The van der Waals surface area contributed by atoms with Crippen molar-refractivity contribution in [2.45, 2.75) is 6.42 Å². The van der Waals surface area contributed by atoms with E-state index < -0.39 is 0 Å². The maximum atomic E-state index is 11.6. The van der Waals surface area contributed by atoms with Crippen LogP contribution in [0.2, 0.25) is 5.02 Å². The van der Waals surface area contributed by atoms with Crippen LogP contribution in [0.3, 0.4) is 0 Å². The average molecular weight is 438 g/mol. The van der Waals surface area contributed by atoms with E-state index in [2.05, 4.69) is 0 Å². The molecular weight excluding hydrogens is 421 g/mol. The van der Waals surface area contributed by atoms with Crippen LogP contribution >= 0.6 is 23.2 Å². The number of hydrogen-bond donors (Lipinski definition) is 0. The lowest BCUT2D eigenvalue weighted by molar-refractivity contribution is -0.133. The lowest BCUT2D eigenvalue weighted by atomic mass is 10.1. The van der Waals surface area contributed by atoms with Crippen molar-refractivity contribution in [3.05, 3.63) is 89.2 Å². The first-order valence-electron chi connectivity index (χ1n) is 9.33. The SMILES string of the molecule is O=C(CCCl)Oc1ccc(N=c2cc(-c3ccccc3)oc3ccc(Cl)cc23)cc1. The van der Waals surface area contributed by atoms with Crippen LogP contribution in [-0.2, 0) is 4.79 Å². The second kappa shape index (κ2) is 9.16. The normalized spacial score (nSPS) is 11.6. The highest BCUT2D eigenvalue weighted by Gasteiger charge is 2.07. The molecule has 0 atom stereocenters. The van der Waals surface area contributed by atoms with Crippen LogP contribution in [-0.4, -0.2) is 11.8 Å². The molecule has 4 nitrogen and oxygen atoms in total. The summed E-state index contributed by atoms with van der Waals surface area (Å²) in [5, 5.41) is 2.13. The van der Waals surface area contributed by atoms with E-state index in [1.807, 2.05) is 48.5 Å². The van der Waals surface area contributed by atoms with Crippen molar-refractivity contribution in [2.24, 2.45) is 4.99 Å². The van der Waals surface area contributed by atoms with Crippen molar-refractivity contribution in [2.75, 3.05) is 5.88 Å². The summed E-state index contributed by atoms with van der Waals surface area (Å²) in [5.41, 5.74) is 2.34. The molecule has 0 aliphatic rings. The fourth-order valence-electron chi connectivity index (χ4n) is 2.97. The Hall–Kier alpha value is -3.08. The van der Waals surface area contributed by atoms with Crippen LogP contribution in [0.15, 0.2) is 88.3 Å². The third kappa shape index (κ3) is 4.73. The predicted molar refractivity (Wildman–Crippen MR) is 119 cm³/mol. The van der Waals surface area contributed by atoms with Gasteiger partial charge in [0.05, 0.1) is 17.5 Å². The second-order valence-electron chi connectivity index (χ2n) is 6.52. The van der Waals surface area contributed by atoms with Crippen molar-refractivity contribution in [1.29, 1.82) is 0 Å². The van der Waals surface area contributed by atoms with E-state index in [4.69, 9.17) is 37.3 Å². The van der Waals surface area contributed by atoms with Crippen molar-refractivity contribution in [1.82, 2.24) is 0 Å². The summed E-state index contributed by atoms with van der Waals surface area (Å²) in [6.45, 7) is 0. The van der Waals surface area contributed by atoms with Crippen LogP contribution in [0, 0.1) is 0 Å². The molecule has 4 aromatic rings. The fourth-order valence-corrected chi connectivity index (χ4v) is 3.29. The quantitative estimate of drug-likeness (QED) is 0.203. The van der Waals surface area contributed by atoms with Crippen molar-refractivity contribution < 1.29 is 13.9 Å². The molecule has 0 aliphatic carbocycles. The van der Waals surface area contributed by atoms with Gasteiger partial charge in [-0.2, -0.15) is 0 Å². The van der Waals surface area contributed by atoms with E-state index in [9.17, 15) is 4.79 Å². The van der Waals surface area contributed by atoms with E-state index in [1.54, 1.807) is 30.3 Å². The molecule has 4 rings (SSSR count). The smallest absolute Gasteiger partial charge is 0.312 e. The molecule has 0 saturated carbocycles. The molecule has 30 heavy (non-hydrogen) atoms. The van der Waals surface area contributed by atoms with Crippen molar-refractivity contribution >= 4 is 45.8 Å². The fraction of sp³-hybridized carbons (Fsp3) is 0.0833. The monoisotopic (exact) mass is 437 g/mol. The molecule has 0 unspecified atom stereocenters. The Morgan fingerprint density at radius 2 is 1.73 bits per heavy atom. The highest BCUT2D eigenvalue weighted by molar-refractivity contribution is 6.31. The summed E-state index contributed by atoms with van der Waals surface area (Å²) >= 11 is 11.8. The summed E-state index contributed by atoms with van der Waals surface area (Å²) in [7, 11) is 0. The number of nitrogens with zero attached hydrogens (tertiary/aromatic N) is 1. The minimum absolute atomic E-state index is 0.163. The standard InChI is InChI=1S/C24H17Cl2NO3/c25-13-12-24(28)29-19-9-7-18(8-10-19)27-21-15-23(16-4-2-1-3-5-16)30-22-11-6-17(26)14-20(21)22/h1-11,14-15H,12-13H2. The van der Waals surface area contributed by atoms with Crippen molar-refractivity contribution in [3.8, 4) is 17.1 Å². The van der Waals surface area contributed by atoms with Gasteiger partial charge in [0.2, 0.25) is 0 Å². The number of halogens is 2. The zero-order valence-electron chi connectivity index (χ0n) is 15.8. The molecule has 0 saturated heterocycles. The summed E-state index contributed by atoms with van der Waals surface area (Å²) in [6.07, 6.45) is 0.163. The van der Waals surface area contributed by atoms with E-state index in [-0.39, 0.29) is 18.3 Å². The highest BCUT2D eigenvalue weighted by atomic mass is 35.5. The topological polar surface area (TPSA) is 51.8 Å². The van der Waals surface area contributed by atoms with Gasteiger partial charge >= 0.3 is 5.97 Å². The largest absolute Gasteiger partial charge is 0.456 e. The minimum Gasteiger partial charge on any atom is -0.456 e. The van der Waals surface area contributed by atoms with Gasteiger partial charge in [-0.05, 0) is 42.5 Å². The number of alkyl halides is 1. The number of ether oxygens (including phenoxy) is 1. The Bertz CT molecular complexity index is 1250. The first-order valence-corrected chi connectivity index (χ1v) is 10.2. The molecule has 0 amide bonds. The molecule has 0 aliphatic heterocycles. The van der Waals surface area contributed by atoms with Gasteiger partial charge in [-0.3, -0.25) is 4.79 Å². The summed E-state index contributed by atoms with van der Waals surface area (Å²) < 4.78 is 11.3. The molecule has 1 aromatic heterocycles. The minimum atomic E-state index is -0.368. The number of carbonyl (C=O) groups excluding carboxylic acids is 1. The summed E-state index contributed by atoms with van der Waals surface area (Å²) in [4.78, 5) is 16.4. The van der Waals surface area contributed by atoms with E-state index in [1.165, 1.54) is 0 Å². The van der Waals surface area contributed by atoms with Gasteiger partial charge in [-0.25, -0.2) is 4.99 Å². The number of carbonyl (C=O) groups is 1. The third-order valence-electron chi connectivity index (χ3n) is 4.38. The van der Waals surface area contributed by atoms with Crippen LogP contribution in [0.4, 0.5) is 5.69 Å². The molecular formula is C24H17Cl2NO3. The Kier molecular flexibility index (Phi) is 6.17. The van der Waals surface area contributed by atoms with Crippen molar-refractivity contribution in [3.63, 3.8) is 0 Å². The van der Waals surface area contributed by atoms with Crippen LogP contribution in [0.25, 0.3) is 22.3 Å². The molecule has 0 N–H and O–H groups in total. The van der Waals surface area contributed by atoms with E-state index in [0.29, 0.717) is 27.8 Å². The predicted octanol–water partition coefficient (Wildman–Crippen LogP) is 6.52. The number of hydrogen-bond acceptors (Lipinski definition) is 4. The Morgan fingerprint density at radius 3 is 2.47 bits per heavy atom. The first kappa shape index (κ1) is 20.2.